The Morgan fingerprint density at radius 1 is 1.06 bits per heavy atom. The predicted octanol–water partition coefficient (Wildman–Crippen LogP) is 5.83. The Labute approximate surface area is 319 Å². The number of amides is 2. The first kappa shape index (κ1) is 36.8. The van der Waals surface area contributed by atoms with Crippen molar-refractivity contribution in [1.29, 1.82) is 0 Å². The summed E-state index contributed by atoms with van der Waals surface area (Å²) in [6.45, 7) is 2.84. The Morgan fingerprint density at radius 3 is 2.54 bits per heavy atom. The number of carbonyl (C=O) groups is 2. The third-order valence-electron chi connectivity index (χ3n) is 11.1. The lowest BCUT2D eigenvalue weighted by atomic mass is 9.58. The van der Waals surface area contributed by atoms with Gasteiger partial charge in [0.05, 0.1) is 40.9 Å². The van der Waals surface area contributed by atoms with Gasteiger partial charge in [0.25, 0.3) is 0 Å². The molecule has 2 amide bonds. The Balaban J connectivity index is 1.12. The topological polar surface area (TPSA) is 122 Å². The molecule has 12 heteroatoms. The Hall–Kier alpha value is -3.56. The van der Waals surface area contributed by atoms with Gasteiger partial charge in [-0.3, -0.25) is 24.4 Å². The number of imide groups is 1. The highest BCUT2D eigenvalue weighted by Crippen LogP contribution is 2.51. The molecule has 1 aromatic heterocycles. The van der Waals surface area contributed by atoms with Crippen molar-refractivity contribution in [3.05, 3.63) is 98.4 Å². The maximum Gasteiger partial charge on any atom is 0.455 e. The number of halogens is 1. The summed E-state index contributed by atoms with van der Waals surface area (Å²) in [5.41, 5.74) is 5.85. The molecule has 2 aromatic carbocycles. The summed E-state index contributed by atoms with van der Waals surface area (Å²) in [6, 6.07) is 19.7. The molecule has 0 saturated carbocycles. The number of hydrogen-bond acceptors (Lipinski definition) is 9. The summed E-state index contributed by atoms with van der Waals surface area (Å²) in [6.07, 6.45) is 6.61. The number of carbonyl (C=O) groups excluding carboxylic acids is 2. The molecule has 4 aliphatic rings. The highest BCUT2D eigenvalue weighted by molar-refractivity contribution is 14.1. The quantitative estimate of drug-likeness (QED) is 0.107. The number of piperidine rings is 1. The number of phenols is 1. The molecule has 3 aromatic rings. The number of nitrogens with zero attached hydrogens (tertiary/aromatic N) is 3. The summed E-state index contributed by atoms with van der Waals surface area (Å²) in [5, 5.41) is 21.6. The smallest absolute Gasteiger partial charge is 0.455 e. The minimum Gasteiger partial charge on any atom is -0.504 e. The molecule has 10 nitrogen and oxygen atoms in total. The SMILES string of the molecule is COCC1=C2[C@@H](CC/C(=C/c3cc(I)c(O)c(OC)c3)c3ccccn3)OB(O)C[C@@H]2[C@@H]2C(=O)N(C3CCN(Cc4ccccc4)CC3)C(=O)[C@@H]2C1. The Morgan fingerprint density at radius 2 is 1.83 bits per heavy atom. The summed E-state index contributed by atoms with van der Waals surface area (Å²) in [4.78, 5) is 37.1. The molecule has 0 spiro atoms. The molecule has 2 N–H and O–H groups in total. The number of methoxy groups -OCH3 is 2. The molecule has 0 radical (unpaired) electrons. The minimum absolute atomic E-state index is 0.0824. The van der Waals surface area contributed by atoms with Crippen molar-refractivity contribution in [1.82, 2.24) is 14.8 Å². The van der Waals surface area contributed by atoms with Crippen molar-refractivity contribution in [2.24, 2.45) is 17.8 Å². The number of phenolic OH excluding ortho intramolecular Hbond substituents is 1. The van der Waals surface area contributed by atoms with E-state index in [9.17, 15) is 19.7 Å². The van der Waals surface area contributed by atoms with Gasteiger partial charge in [-0.2, -0.15) is 0 Å². The largest absolute Gasteiger partial charge is 0.504 e. The number of fused-ring (bicyclic) bond motifs is 3. The second kappa shape index (κ2) is 16.2. The van der Waals surface area contributed by atoms with Gasteiger partial charge in [0, 0.05) is 39.0 Å². The normalized spacial score (nSPS) is 24.3. The monoisotopic (exact) mass is 817 g/mol. The number of rotatable bonds is 11. The van der Waals surface area contributed by atoms with Gasteiger partial charge in [-0.05, 0) is 125 Å². The Bertz CT molecular complexity index is 1830. The van der Waals surface area contributed by atoms with Crippen LogP contribution >= 0.6 is 22.6 Å². The molecule has 0 bridgehead atoms. The zero-order valence-corrected chi connectivity index (χ0v) is 31.8. The maximum atomic E-state index is 14.4. The van der Waals surface area contributed by atoms with Crippen LogP contribution < -0.4 is 4.74 Å². The van der Waals surface area contributed by atoms with E-state index >= 15 is 0 Å². The first-order valence-corrected chi connectivity index (χ1v) is 19.2. The van der Waals surface area contributed by atoms with E-state index < -0.39 is 25.1 Å². The van der Waals surface area contributed by atoms with E-state index in [2.05, 4.69) is 56.7 Å². The van der Waals surface area contributed by atoms with Gasteiger partial charge in [0.2, 0.25) is 11.8 Å². The van der Waals surface area contributed by atoms with E-state index in [0.29, 0.717) is 35.2 Å². The van der Waals surface area contributed by atoms with Crippen molar-refractivity contribution < 1.29 is 33.8 Å². The summed E-state index contributed by atoms with van der Waals surface area (Å²) in [5.74, 6) is -1.01. The van der Waals surface area contributed by atoms with Crippen LogP contribution in [-0.4, -0.2) is 89.9 Å². The molecule has 3 aliphatic heterocycles. The fraction of sp³-hybridized carbons (Fsp3) is 0.425. The molecular weight excluding hydrogens is 772 g/mol. The fourth-order valence-corrected chi connectivity index (χ4v) is 9.41. The van der Waals surface area contributed by atoms with Crippen LogP contribution in [0.1, 0.15) is 48.9 Å². The molecule has 1 aliphatic carbocycles. The molecule has 4 heterocycles. The summed E-state index contributed by atoms with van der Waals surface area (Å²) in [7, 11) is 2.11. The number of pyridine rings is 1. The van der Waals surface area contributed by atoms with Crippen LogP contribution in [-0.2, 0) is 25.5 Å². The van der Waals surface area contributed by atoms with Crippen LogP contribution in [0.15, 0.2) is 78.0 Å². The lowest BCUT2D eigenvalue weighted by Gasteiger charge is -2.43. The summed E-state index contributed by atoms with van der Waals surface area (Å²) >= 11 is 2.09. The molecule has 272 valence electrons. The number of aromatic nitrogens is 1. The maximum absolute atomic E-state index is 14.4. The van der Waals surface area contributed by atoms with Gasteiger partial charge < -0.3 is 24.3 Å². The van der Waals surface area contributed by atoms with Crippen LogP contribution in [0, 0.1) is 21.3 Å². The van der Waals surface area contributed by atoms with Crippen molar-refractivity contribution in [2.75, 3.05) is 33.9 Å². The van der Waals surface area contributed by atoms with Gasteiger partial charge in [0.1, 0.15) is 0 Å². The van der Waals surface area contributed by atoms with Crippen LogP contribution in [0.5, 0.6) is 11.5 Å². The number of likely N-dealkylation sites (tertiary alicyclic amines) is 2. The third kappa shape index (κ3) is 7.59. The van der Waals surface area contributed by atoms with Gasteiger partial charge in [-0.25, -0.2) is 0 Å². The van der Waals surface area contributed by atoms with Crippen LogP contribution in [0.25, 0.3) is 11.6 Å². The van der Waals surface area contributed by atoms with Gasteiger partial charge >= 0.3 is 7.12 Å². The average molecular weight is 818 g/mol. The molecule has 4 atom stereocenters. The predicted molar refractivity (Wildman–Crippen MR) is 207 cm³/mol. The van der Waals surface area contributed by atoms with Crippen LogP contribution in [0.2, 0.25) is 6.32 Å². The van der Waals surface area contributed by atoms with E-state index in [4.69, 9.17) is 14.1 Å². The second-order valence-electron chi connectivity index (χ2n) is 14.3. The standard InChI is InChI=1S/C40H45BIN3O7/c1-50-24-28-21-30-37(40(48)45(39(30)47)29-13-16-44(17-14-29)23-25-8-4-3-5-9-25)31-22-41(49)52-34(36(28)31)12-11-27(33-10-6-7-15-43-33)18-26-19-32(42)38(46)35(20-26)51-2/h3-10,15,18-20,29-31,34,37,46,49H,11-14,16-17,21-24H2,1-2H3/b27-18-/t30-,31+,34-,37-/m1/s1. The van der Waals surface area contributed by atoms with Crippen molar-refractivity contribution >= 4 is 53.2 Å². The lowest BCUT2D eigenvalue weighted by molar-refractivity contribution is -0.144. The number of allylic oxidation sites excluding steroid dienone is 1. The van der Waals surface area contributed by atoms with E-state index in [1.54, 1.807) is 24.3 Å². The van der Waals surface area contributed by atoms with E-state index in [1.807, 2.05) is 36.4 Å². The van der Waals surface area contributed by atoms with Crippen molar-refractivity contribution in [2.45, 2.75) is 57.1 Å². The molecule has 3 fully saturated rings. The number of aromatic hydroxyl groups is 1. The van der Waals surface area contributed by atoms with Crippen molar-refractivity contribution in [3.63, 3.8) is 0 Å². The highest BCUT2D eigenvalue weighted by atomic mass is 127. The summed E-state index contributed by atoms with van der Waals surface area (Å²) < 4.78 is 18.1. The molecular formula is C40H45BIN3O7. The molecule has 0 unspecified atom stereocenters. The first-order valence-electron chi connectivity index (χ1n) is 18.1. The molecule has 7 rings (SSSR count). The fourth-order valence-electron chi connectivity index (χ4n) is 8.78. The van der Waals surface area contributed by atoms with Crippen LogP contribution in [0.3, 0.4) is 0 Å². The van der Waals surface area contributed by atoms with E-state index in [1.165, 1.54) is 12.7 Å². The molecule has 3 saturated heterocycles. The van der Waals surface area contributed by atoms with Gasteiger partial charge in [-0.15, -0.1) is 0 Å². The van der Waals surface area contributed by atoms with Gasteiger partial charge in [0.15, 0.2) is 11.5 Å². The zero-order valence-electron chi connectivity index (χ0n) is 29.6. The first-order chi connectivity index (χ1) is 25.2. The molecule has 52 heavy (non-hydrogen) atoms. The number of hydrogen-bond donors (Lipinski definition) is 2. The second-order valence-corrected chi connectivity index (χ2v) is 15.4. The van der Waals surface area contributed by atoms with E-state index in [-0.39, 0.29) is 35.8 Å². The minimum atomic E-state index is -1.07. The highest BCUT2D eigenvalue weighted by Gasteiger charge is 2.58. The number of benzene rings is 2. The third-order valence-corrected chi connectivity index (χ3v) is 11.9. The van der Waals surface area contributed by atoms with E-state index in [0.717, 1.165) is 60.5 Å². The van der Waals surface area contributed by atoms with Gasteiger partial charge in [-0.1, -0.05) is 36.4 Å². The van der Waals surface area contributed by atoms with Crippen LogP contribution in [0.4, 0.5) is 0 Å². The van der Waals surface area contributed by atoms with Crippen molar-refractivity contribution in [3.8, 4) is 11.5 Å². The zero-order chi connectivity index (χ0) is 36.4. The lowest BCUT2D eigenvalue weighted by Crippen LogP contribution is -2.48. The average Bonchev–Trinajstić information content (AvgIpc) is 3.40. The Kier molecular flexibility index (Phi) is 11.5. The number of ether oxygens (including phenoxy) is 2.